The number of aliphatic hydroxyl groups excluding tert-OH is 1. The molecule has 0 amide bonds. The second-order valence-corrected chi connectivity index (χ2v) is 4.74. The molecule has 0 aromatic heterocycles. The lowest BCUT2D eigenvalue weighted by atomic mass is 9.94. The molecule has 1 atom stereocenters. The fourth-order valence-electron chi connectivity index (χ4n) is 1.78. The number of halogens is 6. The third-order valence-corrected chi connectivity index (χ3v) is 2.59. The number of aliphatic hydroxyl groups is 1. The fraction of sp³-hybridized carbons (Fsp3) is 0.538. The van der Waals surface area contributed by atoms with E-state index < -0.39 is 29.9 Å². The van der Waals surface area contributed by atoms with E-state index in [1.165, 1.54) is 12.1 Å². The predicted octanol–water partition coefficient (Wildman–Crippen LogP) is 4.25. The normalized spacial score (nSPS) is 14.6. The van der Waals surface area contributed by atoms with Gasteiger partial charge < -0.3 is 9.84 Å². The highest BCUT2D eigenvalue weighted by molar-refractivity contribution is 5.30. The molecule has 0 radical (unpaired) electrons. The maximum atomic E-state index is 12.6. The second-order valence-electron chi connectivity index (χ2n) is 4.74. The maximum absolute atomic E-state index is 12.6. The van der Waals surface area contributed by atoms with Gasteiger partial charge >= 0.3 is 12.4 Å². The highest BCUT2D eigenvalue weighted by atomic mass is 19.4. The largest absolute Gasteiger partial charge is 0.491 e. The van der Waals surface area contributed by atoms with E-state index in [1.807, 2.05) is 0 Å². The van der Waals surface area contributed by atoms with Crippen molar-refractivity contribution in [2.24, 2.45) is 5.92 Å². The molecule has 1 rings (SSSR count). The average molecular weight is 316 g/mol. The first-order valence-electron chi connectivity index (χ1n) is 6.01. The Labute approximate surface area is 117 Å². The molecule has 2 nitrogen and oxygen atoms in total. The van der Waals surface area contributed by atoms with Crippen LogP contribution in [0.2, 0.25) is 0 Å². The summed E-state index contributed by atoms with van der Waals surface area (Å²) >= 11 is 0. The van der Waals surface area contributed by atoms with Crippen LogP contribution in [0.15, 0.2) is 24.3 Å². The van der Waals surface area contributed by atoms with E-state index in [1.54, 1.807) is 13.8 Å². The topological polar surface area (TPSA) is 29.5 Å². The van der Waals surface area contributed by atoms with Crippen LogP contribution in [0.1, 0.15) is 25.5 Å². The molecule has 1 aromatic rings. The maximum Gasteiger partial charge on any atom is 0.403 e. The molecule has 0 saturated heterocycles. The van der Waals surface area contributed by atoms with Gasteiger partial charge in [-0.2, -0.15) is 26.3 Å². The van der Waals surface area contributed by atoms with Gasteiger partial charge in [0.1, 0.15) is 5.75 Å². The van der Waals surface area contributed by atoms with E-state index in [4.69, 9.17) is 4.74 Å². The minimum absolute atomic E-state index is 0.0876. The van der Waals surface area contributed by atoms with Crippen molar-refractivity contribution < 1.29 is 36.2 Å². The minimum atomic E-state index is -5.60. The number of hydrogen-bond acceptors (Lipinski definition) is 2. The molecule has 21 heavy (non-hydrogen) atoms. The third-order valence-electron chi connectivity index (χ3n) is 2.59. The first-order valence-corrected chi connectivity index (χ1v) is 6.01. The van der Waals surface area contributed by atoms with Gasteiger partial charge in [-0.25, -0.2) is 0 Å². The van der Waals surface area contributed by atoms with Gasteiger partial charge in [0, 0.05) is 0 Å². The summed E-state index contributed by atoms with van der Waals surface area (Å²) in [6.07, 6.45) is -14.3. The van der Waals surface area contributed by atoms with E-state index >= 15 is 0 Å². The molecule has 0 aliphatic rings. The van der Waals surface area contributed by atoms with E-state index in [0.29, 0.717) is 0 Å². The zero-order valence-electron chi connectivity index (χ0n) is 11.2. The highest BCUT2D eigenvalue weighted by Crippen LogP contribution is 2.46. The Hall–Kier alpha value is -1.44. The zero-order valence-corrected chi connectivity index (χ0v) is 11.2. The molecule has 120 valence electrons. The van der Waals surface area contributed by atoms with Crippen molar-refractivity contribution in [3.8, 4) is 5.75 Å². The Balaban J connectivity index is 3.13. The summed E-state index contributed by atoms with van der Waals surface area (Å²) in [5, 5.41) is 9.51. The Morgan fingerprint density at radius 1 is 1.00 bits per heavy atom. The number of benzene rings is 1. The van der Waals surface area contributed by atoms with Crippen molar-refractivity contribution in [1.82, 2.24) is 0 Å². The molecule has 1 N–H and O–H groups in total. The predicted molar refractivity (Wildman–Crippen MR) is 62.8 cm³/mol. The lowest BCUT2D eigenvalue weighted by Gasteiger charge is -2.27. The number of hydrogen-bond donors (Lipinski definition) is 1. The molecule has 0 aliphatic heterocycles. The van der Waals surface area contributed by atoms with Crippen LogP contribution in [0.3, 0.4) is 0 Å². The summed E-state index contributed by atoms with van der Waals surface area (Å²) in [6.45, 7) is 3.30. The van der Waals surface area contributed by atoms with Gasteiger partial charge in [0.25, 0.3) is 0 Å². The van der Waals surface area contributed by atoms with Gasteiger partial charge in [-0.3, -0.25) is 0 Å². The monoisotopic (exact) mass is 316 g/mol. The molecule has 0 bridgehead atoms. The summed E-state index contributed by atoms with van der Waals surface area (Å²) in [7, 11) is 0. The quantitative estimate of drug-likeness (QED) is 0.842. The molecular formula is C13H14F6O2. The van der Waals surface area contributed by atoms with Crippen LogP contribution < -0.4 is 4.74 Å². The Morgan fingerprint density at radius 3 is 1.95 bits per heavy atom. The van der Waals surface area contributed by atoms with Gasteiger partial charge in [0.05, 0.1) is 12.2 Å². The van der Waals surface area contributed by atoms with Crippen molar-refractivity contribution in [1.29, 1.82) is 0 Å². The number of ether oxygens (including phenoxy) is 1. The lowest BCUT2D eigenvalue weighted by Crippen LogP contribution is -2.40. The van der Waals surface area contributed by atoms with Crippen LogP contribution in [0, 0.1) is 5.92 Å². The van der Waals surface area contributed by atoms with Gasteiger partial charge in [0.2, 0.25) is 0 Å². The average Bonchev–Trinajstić information content (AvgIpc) is 2.24. The Bertz CT molecular complexity index is 452. The van der Waals surface area contributed by atoms with Gasteiger partial charge in [0.15, 0.2) is 5.92 Å². The Kier molecular flexibility index (Phi) is 5.14. The molecule has 0 heterocycles. The van der Waals surface area contributed by atoms with Crippen molar-refractivity contribution >= 4 is 0 Å². The van der Waals surface area contributed by atoms with Crippen molar-refractivity contribution in [3.05, 3.63) is 29.8 Å². The van der Waals surface area contributed by atoms with E-state index in [-0.39, 0.29) is 11.9 Å². The summed E-state index contributed by atoms with van der Waals surface area (Å²) in [6, 6.07) is 4.56. The van der Waals surface area contributed by atoms with Crippen LogP contribution in [0.5, 0.6) is 5.75 Å². The molecule has 0 fully saturated rings. The first kappa shape index (κ1) is 17.6. The van der Waals surface area contributed by atoms with Crippen LogP contribution in [0.25, 0.3) is 0 Å². The van der Waals surface area contributed by atoms with Crippen molar-refractivity contribution in [2.75, 3.05) is 0 Å². The van der Waals surface area contributed by atoms with E-state index in [9.17, 15) is 31.4 Å². The smallest absolute Gasteiger partial charge is 0.403 e. The second kappa shape index (κ2) is 6.13. The van der Waals surface area contributed by atoms with Gasteiger partial charge in [-0.15, -0.1) is 0 Å². The van der Waals surface area contributed by atoms with Crippen molar-refractivity contribution in [3.63, 3.8) is 0 Å². The van der Waals surface area contributed by atoms with Crippen LogP contribution >= 0.6 is 0 Å². The van der Waals surface area contributed by atoms with Gasteiger partial charge in [-0.1, -0.05) is 12.1 Å². The molecule has 1 aromatic carbocycles. The molecule has 0 saturated carbocycles. The molecule has 0 spiro atoms. The number of rotatable bonds is 4. The van der Waals surface area contributed by atoms with Crippen LogP contribution in [-0.2, 0) is 0 Å². The van der Waals surface area contributed by atoms with Crippen LogP contribution in [0.4, 0.5) is 26.3 Å². The number of alkyl halides is 6. The Morgan fingerprint density at radius 2 is 1.52 bits per heavy atom. The fourth-order valence-corrected chi connectivity index (χ4v) is 1.78. The molecule has 1 unspecified atom stereocenters. The highest BCUT2D eigenvalue weighted by Gasteiger charge is 2.60. The zero-order chi connectivity index (χ0) is 16.4. The summed E-state index contributed by atoms with van der Waals surface area (Å²) in [5.74, 6) is -3.76. The molecular weight excluding hydrogens is 302 g/mol. The SMILES string of the molecule is CC(C)Oc1cccc(C(O)C(C(F)(F)F)C(F)(F)F)c1. The first-order chi connectivity index (χ1) is 9.43. The lowest BCUT2D eigenvalue weighted by molar-refractivity contribution is -0.307. The van der Waals surface area contributed by atoms with E-state index in [2.05, 4.69) is 0 Å². The summed E-state index contributed by atoms with van der Waals surface area (Å²) in [5.41, 5.74) is -0.507. The molecule has 0 aliphatic carbocycles. The van der Waals surface area contributed by atoms with Crippen LogP contribution in [-0.4, -0.2) is 23.6 Å². The van der Waals surface area contributed by atoms with Crippen molar-refractivity contribution in [2.45, 2.75) is 38.4 Å². The third kappa shape index (κ3) is 4.80. The summed E-state index contributed by atoms with van der Waals surface area (Å²) in [4.78, 5) is 0. The standard InChI is InChI=1S/C13H14F6O2/c1-7(2)21-9-5-3-4-8(6-9)10(20)11(12(14,15)16)13(17,18)19/h3-7,10-11,20H,1-2H3. The minimum Gasteiger partial charge on any atom is -0.491 e. The molecule has 8 heteroatoms. The van der Waals surface area contributed by atoms with Gasteiger partial charge in [-0.05, 0) is 31.5 Å². The summed E-state index contributed by atoms with van der Waals surface area (Å²) < 4.78 is 80.5. The van der Waals surface area contributed by atoms with E-state index in [0.717, 1.165) is 12.1 Å².